The maximum Gasteiger partial charge on any atom is 0.238 e. The Morgan fingerprint density at radius 3 is 2.30 bits per heavy atom. The lowest BCUT2D eigenvalue weighted by atomic mass is 10.1. The second-order valence-corrected chi connectivity index (χ2v) is 8.73. The standard InChI is InChI=1S/C24H27FN2O4S.ClH/c1-2-30-23-9-5-7-19(24(23)31-17-20-6-3-4-8-22(20)25)16-27-15-14-18-10-12-21(13-11-18)32(26,28)29;/h3-13,27H,2,14-17H2,1H3,(H2,26,28,29);1H. The fourth-order valence-electron chi connectivity index (χ4n) is 3.20. The third kappa shape index (κ3) is 7.71. The van der Waals surface area contributed by atoms with E-state index in [4.69, 9.17) is 14.6 Å². The normalized spacial score (nSPS) is 11.0. The van der Waals surface area contributed by atoms with Gasteiger partial charge in [-0.2, -0.15) is 0 Å². The first-order valence-electron chi connectivity index (χ1n) is 10.3. The SMILES string of the molecule is CCOc1cccc(CNCCc2ccc(S(N)(=O)=O)cc2)c1OCc1ccccc1F.Cl. The zero-order chi connectivity index (χ0) is 23.0. The van der Waals surface area contributed by atoms with E-state index >= 15 is 0 Å². The van der Waals surface area contributed by atoms with E-state index in [9.17, 15) is 12.8 Å². The molecule has 0 aliphatic heterocycles. The van der Waals surface area contributed by atoms with Crippen LogP contribution in [0.5, 0.6) is 11.5 Å². The molecule has 0 saturated heterocycles. The quantitative estimate of drug-likeness (QED) is 0.390. The zero-order valence-corrected chi connectivity index (χ0v) is 19.9. The summed E-state index contributed by atoms with van der Waals surface area (Å²) in [7, 11) is -3.69. The molecule has 0 amide bonds. The minimum absolute atomic E-state index is 0. The van der Waals surface area contributed by atoms with Gasteiger partial charge in [0.05, 0.1) is 11.5 Å². The summed E-state index contributed by atoms with van der Waals surface area (Å²) in [4.78, 5) is 0.0959. The summed E-state index contributed by atoms with van der Waals surface area (Å²) in [6, 6.07) is 18.7. The zero-order valence-electron chi connectivity index (χ0n) is 18.3. The number of halogens is 2. The third-order valence-corrected chi connectivity index (χ3v) is 5.78. The minimum Gasteiger partial charge on any atom is -0.490 e. The third-order valence-electron chi connectivity index (χ3n) is 4.85. The number of primary sulfonamides is 1. The second kappa shape index (κ2) is 12.6. The Balaban J connectivity index is 0.00000385. The molecule has 0 fully saturated rings. The molecule has 178 valence electrons. The molecule has 0 radical (unpaired) electrons. The number of para-hydroxylation sites is 1. The van der Waals surface area contributed by atoms with Crippen LogP contribution in [0.3, 0.4) is 0 Å². The van der Waals surface area contributed by atoms with Crippen LogP contribution in [-0.2, 0) is 29.6 Å². The molecule has 0 spiro atoms. The second-order valence-electron chi connectivity index (χ2n) is 7.17. The molecule has 0 aromatic heterocycles. The largest absolute Gasteiger partial charge is 0.490 e. The molecule has 0 unspecified atom stereocenters. The number of nitrogens with one attached hydrogen (secondary N) is 1. The van der Waals surface area contributed by atoms with Gasteiger partial charge in [0.2, 0.25) is 10.0 Å². The van der Waals surface area contributed by atoms with Crippen molar-refractivity contribution >= 4 is 22.4 Å². The molecule has 6 nitrogen and oxygen atoms in total. The van der Waals surface area contributed by atoms with Gasteiger partial charge in [-0.3, -0.25) is 0 Å². The van der Waals surface area contributed by atoms with Crippen LogP contribution in [-0.4, -0.2) is 21.6 Å². The number of benzene rings is 3. The molecule has 9 heteroatoms. The van der Waals surface area contributed by atoms with Gasteiger partial charge < -0.3 is 14.8 Å². The predicted octanol–water partition coefficient (Wildman–Crippen LogP) is 4.20. The van der Waals surface area contributed by atoms with Crippen molar-refractivity contribution in [3.63, 3.8) is 0 Å². The molecule has 3 aromatic rings. The molecular weight excluding hydrogens is 467 g/mol. The lowest BCUT2D eigenvalue weighted by Crippen LogP contribution is -2.18. The Hall–Kier alpha value is -2.65. The minimum atomic E-state index is -3.69. The van der Waals surface area contributed by atoms with Gasteiger partial charge >= 0.3 is 0 Å². The molecule has 0 aliphatic carbocycles. The smallest absolute Gasteiger partial charge is 0.238 e. The van der Waals surface area contributed by atoms with Gasteiger partial charge in [-0.05, 0) is 49.7 Å². The highest BCUT2D eigenvalue weighted by atomic mass is 35.5. The lowest BCUT2D eigenvalue weighted by molar-refractivity contribution is 0.262. The lowest BCUT2D eigenvalue weighted by Gasteiger charge is -2.17. The topological polar surface area (TPSA) is 90.6 Å². The molecule has 0 aliphatic rings. The molecule has 3 rings (SSSR count). The number of nitrogens with two attached hydrogens (primary N) is 1. The van der Waals surface area contributed by atoms with Gasteiger partial charge in [0.25, 0.3) is 0 Å². The first-order chi connectivity index (χ1) is 15.4. The van der Waals surface area contributed by atoms with Crippen molar-refractivity contribution in [2.24, 2.45) is 5.14 Å². The van der Waals surface area contributed by atoms with E-state index in [-0.39, 0.29) is 29.7 Å². The summed E-state index contributed by atoms with van der Waals surface area (Å²) in [6.07, 6.45) is 0.710. The highest BCUT2D eigenvalue weighted by Gasteiger charge is 2.13. The Morgan fingerprint density at radius 2 is 1.64 bits per heavy atom. The molecule has 0 saturated carbocycles. The van der Waals surface area contributed by atoms with Crippen molar-refractivity contribution in [1.29, 1.82) is 0 Å². The fraction of sp³-hybridized carbons (Fsp3) is 0.250. The Morgan fingerprint density at radius 1 is 0.939 bits per heavy atom. The highest BCUT2D eigenvalue weighted by Crippen LogP contribution is 2.32. The van der Waals surface area contributed by atoms with Crippen molar-refractivity contribution < 1.29 is 22.3 Å². The summed E-state index contributed by atoms with van der Waals surface area (Å²) in [6.45, 7) is 3.68. The Kier molecular flexibility index (Phi) is 10.1. The summed E-state index contributed by atoms with van der Waals surface area (Å²) < 4.78 is 48.4. The number of hydrogen-bond donors (Lipinski definition) is 2. The molecule has 33 heavy (non-hydrogen) atoms. The molecule has 0 bridgehead atoms. The first kappa shape index (κ1) is 26.6. The fourth-order valence-corrected chi connectivity index (χ4v) is 3.72. The summed E-state index contributed by atoms with van der Waals surface area (Å²) >= 11 is 0. The molecular formula is C24H28ClFN2O4S. The maximum atomic E-state index is 14.0. The van der Waals surface area contributed by atoms with Gasteiger partial charge in [0, 0.05) is 17.7 Å². The van der Waals surface area contributed by atoms with E-state index in [1.54, 1.807) is 30.3 Å². The monoisotopic (exact) mass is 494 g/mol. The van der Waals surface area contributed by atoms with Gasteiger partial charge in [0.1, 0.15) is 12.4 Å². The van der Waals surface area contributed by atoms with E-state index < -0.39 is 10.0 Å². The Bertz CT molecular complexity index is 1140. The van der Waals surface area contributed by atoms with Crippen LogP contribution in [0.15, 0.2) is 71.6 Å². The Labute approximate surface area is 200 Å². The summed E-state index contributed by atoms with van der Waals surface area (Å²) in [5.74, 6) is 0.888. The van der Waals surface area contributed by atoms with Crippen molar-refractivity contribution in [2.45, 2.75) is 31.4 Å². The van der Waals surface area contributed by atoms with Crippen molar-refractivity contribution in [2.75, 3.05) is 13.2 Å². The average molecular weight is 495 g/mol. The van der Waals surface area contributed by atoms with Crippen LogP contribution in [0.25, 0.3) is 0 Å². The highest BCUT2D eigenvalue weighted by molar-refractivity contribution is 7.89. The van der Waals surface area contributed by atoms with Crippen LogP contribution in [0.4, 0.5) is 4.39 Å². The van der Waals surface area contributed by atoms with Crippen molar-refractivity contribution in [1.82, 2.24) is 5.32 Å². The van der Waals surface area contributed by atoms with E-state index in [2.05, 4.69) is 5.32 Å². The van der Waals surface area contributed by atoms with E-state index in [0.29, 0.717) is 43.2 Å². The van der Waals surface area contributed by atoms with Crippen LogP contribution < -0.4 is 19.9 Å². The van der Waals surface area contributed by atoms with Crippen LogP contribution in [0, 0.1) is 5.82 Å². The van der Waals surface area contributed by atoms with E-state index in [0.717, 1.165) is 11.1 Å². The first-order valence-corrected chi connectivity index (χ1v) is 11.9. The van der Waals surface area contributed by atoms with Crippen molar-refractivity contribution in [3.05, 3.63) is 89.2 Å². The number of sulfonamides is 1. The summed E-state index contributed by atoms with van der Waals surface area (Å²) in [5.41, 5.74) is 2.36. The van der Waals surface area contributed by atoms with Crippen molar-refractivity contribution in [3.8, 4) is 11.5 Å². The van der Waals surface area contributed by atoms with E-state index in [1.807, 2.05) is 25.1 Å². The number of hydrogen-bond acceptors (Lipinski definition) is 5. The van der Waals surface area contributed by atoms with Crippen LogP contribution >= 0.6 is 12.4 Å². The molecule has 0 heterocycles. The molecule has 3 aromatic carbocycles. The molecule has 3 N–H and O–H groups in total. The molecule has 0 atom stereocenters. The maximum absolute atomic E-state index is 14.0. The number of rotatable bonds is 11. The van der Waals surface area contributed by atoms with E-state index in [1.165, 1.54) is 18.2 Å². The van der Waals surface area contributed by atoms with Gasteiger partial charge in [0.15, 0.2) is 11.5 Å². The van der Waals surface area contributed by atoms with Gasteiger partial charge in [-0.25, -0.2) is 17.9 Å². The van der Waals surface area contributed by atoms with Gasteiger partial charge in [-0.15, -0.1) is 12.4 Å². The van der Waals surface area contributed by atoms with Gasteiger partial charge in [-0.1, -0.05) is 42.5 Å². The van der Waals surface area contributed by atoms with Crippen LogP contribution in [0.1, 0.15) is 23.6 Å². The number of ether oxygens (including phenoxy) is 2. The predicted molar refractivity (Wildman–Crippen MR) is 129 cm³/mol. The summed E-state index contributed by atoms with van der Waals surface area (Å²) in [5, 5.41) is 8.49. The average Bonchev–Trinajstić information content (AvgIpc) is 2.77. The van der Waals surface area contributed by atoms with Crippen LogP contribution in [0.2, 0.25) is 0 Å².